The second-order valence-corrected chi connectivity index (χ2v) is 11.6. The van der Waals surface area contributed by atoms with E-state index in [0.29, 0.717) is 18.3 Å². The van der Waals surface area contributed by atoms with Crippen LogP contribution in [0.4, 0.5) is 11.5 Å². The fraction of sp³-hybridized carbons (Fsp3) is 0.370. The Bertz CT molecular complexity index is 1580. The van der Waals surface area contributed by atoms with E-state index in [1.54, 1.807) is 13.2 Å². The van der Waals surface area contributed by atoms with Gasteiger partial charge in [0.15, 0.2) is 10.8 Å². The highest BCUT2D eigenvalue weighted by molar-refractivity contribution is 7.23. The van der Waals surface area contributed by atoms with Crippen molar-refractivity contribution in [2.24, 2.45) is 0 Å². The van der Waals surface area contributed by atoms with Crippen LogP contribution < -0.4 is 15.4 Å². The number of aliphatic hydroxyl groups excluding tert-OH is 1. The summed E-state index contributed by atoms with van der Waals surface area (Å²) in [5.41, 5.74) is 3.26. The molecule has 1 fully saturated rings. The van der Waals surface area contributed by atoms with Crippen molar-refractivity contribution >= 4 is 38.2 Å². The van der Waals surface area contributed by atoms with Gasteiger partial charge in [0.1, 0.15) is 22.8 Å². The van der Waals surface area contributed by atoms with E-state index in [2.05, 4.69) is 20.8 Å². The molecule has 11 heteroatoms. The van der Waals surface area contributed by atoms with E-state index in [9.17, 15) is 5.11 Å². The highest BCUT2D eigenvalue weighted by Crippen LogP contribution is 2.39. The summed E-state index contributed by atoms with van der Waals surface area (Å²) in [6.07, 6.45) is 3.03. The van der Waals surface area contributed by atoms with E-state index in [4.69, 9.17) is 19.0 Å². The van der Waals surface area contributed by atoms with Gasteiger partial charge in [0, 0.05) is 42.1 Å². The molecule has 4 heterocycles. The van der Waals surface area contributed by atoms with Crippen LogP contribution in [0, 0.1) is 0 Å². The van der Waals surface area contributed by atoms with Crippen LogP contribution in [0.2, 0.25) is 0 Å². The molecule has 3 N–H and O–H groups in total. The maximum atomic E-state index is 10.4. The van der Waals surface area contributed by atoms with Crippen molar-refractivity contribution in [3.63, 3.8) is 0 Å². The van der Waals surface area contributed by atoms with Crippen molar-refractivity contribution in [3.8, 4) is 17.1 Å². The van der Waals surface area contributed by atoms with Crippen molar-refractivity contribution in [1.29, 1.82) is 0 Å². The number of benzene rings is 1. The number of anilines is 2. The van der Waals surface area contributed by atoms with Crippen molar-refractivity contribution in [2.45, 2.75) is 51.0 Å². The summed E-state index contributed by atoms with van der Waals surface area (Å²) in [5, 5.41) is 20.3. The molecule has 0 aliphatic heterocycles. The van der Waals surface area contributed by atoms with Crippen LogP contribution in [-0.2, 0) is 10.2 Å². The standard InChI is InChI=1S/C27H30N6O4S/c1-26(2,3)20-13-21(32-37-20)30-24(34)28-17-7-5-16(6-8-17)18-14-33-19-9-10-22(31-23(19)38-25(33)29-18)36-15-27(35-4)11-12-27/h5-10,13-14,24,28,34H,11-12,15H2,1-4H3,(H,30,32). The minimum Gasteiger partial charge on any atom is -0.475 e. The van der Waals surface area contributed by atoms with Crippen molar-refractivity contribution in [3.05, 3.63) is 54.4 Å². The van der Waals surface area contributed by atoms with Gasteiger partial charge < -0.3 is 29.7 Å². The van der Waals surface area contributed by atoms with E-state index >= 15 is 0 Å². The van der Waals surface area contributed by atoms with Crippen molar-refractivity contribution < 1.29 is 19.1 Å². The van der Waals surface area contributed by atoms with E-state index in [1.807, 2.05) is 67.8 Å². The molecule has 1 aliphatic carbocycles. The first-order valence-corrected chi connectivity index (χ1v) is 13.3. The maximum absolute atomic E-state index is 10.4. The lowest BCUT2D eigenvalue weighted by Gasteiger charge is -2.15. The molecule has 6 rings (SSSR count). The minimum atomic E-state index is -1.03. The Hall–Kier alpha value is -3.67. The molecular formula is C27H30N6O4S. The van der Waals surface area contributed by atoms with Crippen LogP contribution in [-0.4, -0.2) is 50.3 Å². The summed E-state index contributed by atoms with van der Waals surface area (Å²) >= 11 is 1.52. The molecule has 0 amide bonds. The van der Waals surface area contributed by atoms with Crippen LogP contribution in [0.25, 0.3) is 26.6 Å². The largest absolute Gasteiger partial charge is 0.475 e. The number of hydrogen-bond donors (Lipinski definition) is 3. The SMILES string of the molecule is COC1(COc2ccc3c(n2)sc2nc(-c4ccc(NC(O)Nc5cc(C(C)(C)C)on5)cc4)cn23)CC1. The fourth-order valence-corrected chi connectivity index (χ4v) is 5.08. The lowest BCUT2D eigenvalue weighted by atomic mass is 9.93. The lowest BCUT2D eigenvalue weighted by molar-refractivity contribution is 0.0356. The zero-order valence-corrected chi connectivity index (χ0v) is 22.5. The van der Waals surface area contributed by atoms with Crippen LogP contribution in [0.1, 0.15) is 39.4 Å². The number of aliphatic hydroxyl groups is 1. The Balaban J connectivity index is 1.12. The average molecular weight is 535 g/mol. The van der Waals surface area contributed by atoms with E-state index in [0.717, 1.165) is 50.9 Å². The Morgan fingerprint density at radius 2 is 1.92 bits per heavy atom. The summed E-state index contributed by atoms with van der Waals surface area (Å²) in [6.45, 7) is 6.63. The second-order valence-electron chi connectivity index (χ2n) is 10.6. The van der Waals surface area contributed by atoms with Gasteiger partial charge in [0.2, 0.25) is 12.2 Å². The highest BCUT2D eigenvalue weighted by Gasteiger charge is 2.44. The number of hydrogen-bond acceptors (Lipinski definition) is 10. The molecule has 1 aromatic carbocycles. The molecule has 0 spiro atoms. The van der Waals surface area contributed by atoms with E-state index < -0.39 is 6.35 Å². The third-order valence-electron chi connectivity index (χ3n) is 6.68. The number of pyridine rings is 1. The molecule has 5 aromatic rings. The second kappa shape index (κ2) is 9.26. The summed E-state index contributed by atoms with van der Waals surface area (Å²) in [7, 11) is 1.73. The van der Waals surface area contributed by atoms with Gasteiger partial charge >= 0.3 is 0 Å². The van der Waals surface area contributed by atoms with E-state index in [-0.39, 0.29) is 11.0 Å². The number of aromatic nitrogens is 4. The molecule has 10 nitrogen and oxygen atoms in total. The molecule has 1 saturated carbocycles. The molecule has 1 unspecified atom stereocenters. The van der Waals surface area contributed by atoms with E-state index in [1.165, 1.54) is 11.3 Å². The van der Waals surface area contributed by atoms with Gasteiger partial charge in [0.25, 0.3) is 0 Å². The minimum absolute atomic E-state index is 0.136. The van der Waals surface area contributed by atoms with Gasteiger partial charge in [-0.1, -0.05) is 49.4 Å². The summed E-state index contributed by atoms with van der Waals surface area (Å²) in [5.74, 6) is 1.80. The number of thiazole rings is 1. The summed E-state index contributed by atoms with van der Waals surface area (Å²) in [4.78, 5) is 11.2. The third kappa shape index (κ3) is 4.92. The molecule has 198 valence electrons. The maximum Gasteiger partial charge on any atom is 0.214 e. The molecule has 1 atom stereocenters. The predicted molar refractivity (Wildman–Crippen MR) is 147 cm³/mol. The van der Waals surface area contributed by atoms with Gasteiger partial charge in [-0.25, -0.2) is 9.97 Å². The van der Waals surface area contributed by atoms with Gasteiger partial charge in [-0.2, -0.15) is 0 Å². The Kier molecular flexibility index (Phi) is 6.01. The monoisotopic (exact) mass is 534 g/mol. The molecule has 4 aromatic heterocycles. The number of nitrogens with one attached hydrogen (secondary N) is 2. The lowest BCUT2D eigenvalue weighted by Crippen LogP contribution is -2.28. The molecule has 0 bridgehead atoms. The number of ether oxygens (including phenoxy) is 2. The zero-order valence-electron chi connectivity index (χ0n) is 21.7. The quantitative estimate of drug-likeness (QED) is 0.218. The van der Waals surface area contributed by atoms with Gasteiger partial charge in [-0.3, -0.25) is 4.40 Å². The van der Waals surface area contributed by atoms with Crippen LogP contribution >= 0.6 is 11.3 Å². The fourth-order valence-electron chi connectivity index (χ4n) is 4.11. The predicted octanol–water partition coefficient (Wildman–Crippen LogP) is 5.25. The Labute approximate surface area is 223 Å². The molecular weight excluding hydrogens is 504 g/mol. The van der Waals surface area contributed by atoms with Crippen LogP contribution in [0.5, 0.6) is 5.88 Å². The molecule has 0 saturated heterocycles. The molecule has 38 heavy (non-hydrogen) atoms. The molecule has 0 radical (unpaired) electrons. The van der Waals surface area contributed by atoms with Crippen LogP contribution in [0.15, 0.2) is 53.2 Å². The zero-order chi connectivity index (χ0) is 26.5. The van der Waals surface area contributed by atoms with Gasteiger partial charge in [-0.05, 0) is 31.0 Å². The smallest absolute Gasteiger partial charge is 0.214 e. The highest BCUT2D eigenvalue weighted by atomic mass is 32.1. The number of imidazole rings is 1. The topological polar surface area (TPSA) is 119 Å². The van der Waals surface area contributed by atoms with Gasteiger partial charge in [-0.15, -0.1) is 0 Å². The number of methoxy groups -OCH3 is 1. The Morgan fingerprint density at radius 3 is 2.61 bits per heavy atom. The first-order valence-electron chi connectivity index (χ1n) is 12.5. The normalized spacial score (nSPS) is 15.6. The third-order valence-corrected chi connectivity index (χ3v) is 7.64. The van der Waals surface area contributed by atoms with Crippen LogP contribution in [0.3, 0.4) is 0 Å². The molecule has 1 aliphatic rings. The summed E-state index contributed by atoms with van der Waals surface area (Å²) in [6, 6.07) is 13.4. The first kappa shape index (κ1) is 24.7. The van der Waals surface area contributed by atoms with Crippen molar-refractivity contribution in [1.82, 2.24) is 19.5 Å². The number of fused-ring (bicyclic) bond motifs is 3. The average Bonchev–Trinajstić information content (AvgIpc) is 3.16. The first-order chi connectivity index (χ1) is 18.2. The Morgan fingerprint density at radius 1 is 1.13 bits per heavy atom. The van der Waals surface area contributed by atoms with Gasteiger partial charge in [0.05, 0.1) is 11.2 Å². The number of nitrogens with zero attached hydrogens (tertiary/aromatic N) is 4. The van der Waals surface area contributed by atoms with Crippen molar-refractivity contribution in [2.75, 3.05) is 24.4 Å². The summed E-state index contributed by atoms with van der Waals surface area (Å²) < 4.78 is 18.8. The number of rotatable bonds is 9.